The molecule has 0 fully saturated rings. The quantitative estimate of drug-likeness (QED) is 0.478. The molecule has 17 heavy (non-hydrogen) atoms. The summed E-state index contributed by atoms with van der Waals surface area (Å²) in [4.78, 5) is 33.2. The number of hydrogen-bond acceptors (Lipinski definition) is 6. The molecule has 9 heteroatoms. The molecule has 0 saturated carbocycles. The second kappa shape index (κ2) is 5.07. The fourth-order valence-corrected chi connectivity index (χ4v) is 1.04. The Hall–Kier alpha value is -2.42. The van der Waals surface area contributed by atoms with Crippen molar-refractivity contribution in [1.29, 1.82) is 0 Å². The van der Waals surface area contributed by atoms with Gasteiger partial charge in [-0.2, -0.15) is 5.10 Å². The lowest BCUT2D eigenvalue weighted by atomic mass is 10.4. The van der Waals surface area contributed by atoms with E-state index in [4.69, 9.17) is 5.21 Å². The van der Waals surface area contributed by atoms with Gasteiger partial charge < -0.3 is 10.1 Å². The lowest BCUT2D eigenvalue weighted by molar-refractivity contribution is -0.114. The second-order valence-corrected chi connectivity index (χ2v) is 2.92. The average molecular weight is 242 g/mol. The van der Waals surface area contributed by atoms with Gasteiger partial charge in [0.15, 0.2) is 5.69 Å². The molecule has 0 radical (unpaired) electrons. The molecule has 0 bridgehead atoms. The van der Waals surface area contributed by atoms with E-state index < -0.39 is 17.9 Å². The van der Waals surface area contributed by atoms with Crippen molar-refractivity contribution in [2.45, 2.75) is 6.92 Å². The zero-order chi connectivity index (χ0) is 13.0. The number of amides is 2. The molecule has 3 N–H and O–H groups in total. The van der Waals surface area contributed by atoms with Crippen molar-refractivity contribution >= 4 is 23.7 Å². The van der Waals surface area contributed by atoms with E-state index in [1.807, 2.05) is 0 Å². The van der Waals surface area contributed by atoms with Gasteiger partial charge in [-0.1, -0.05) is 0 Å². The number of hydroxylamine groups is 1. The van der Waals surface area contributed by atoms with E-state index in [0.29, 0.717) is 4.68 Å². The largest absolute Gasteiger partial charge is 0.451 e. The first-order valence-electron chi connectivity index (χ1n) is 4.40. The van der Waals surface area contributed by atoms with Crippen LogP contribution in [0.1, 0.15) is 17.4 Å². The molecule has 0 unspecified atom stereocenters. The van der Waals surface area contributed by atoms with Crippen LogP contribution in [-0.2, 0) is 9.53 Å². The highest BCUT2D eigenvalue weighted by Gasteiger charge is 2.19. The van der Waals surface area contributed by atoms with E-state index in [-0.39, 0.29) is 11.5 Å². The zero-order valence-corrected chi connectivity index (χ0v) is 9.05. The first-order valence-corrected chi connectivity index (χ1v) is 4.40. The van der Waals surface area contributed by atoms with Crippen molar-refractivity contribution in [3.05, 3.63) is 11.8 Å². The molecular formula is C8H10N4O5. The smallest absolute Gasteiger partial charge is 0.436 e. The van der Waals surface area contributed by atoms with Crippen molar-refractivity contribution in [3.8, 4) is 0 Å². The number of ether oxygens (including phenoxy) is 1. The Bertz CT molecular complexity index is 466. The highest BCUT2D eigenvalue weighted by molar-refractivity contribution is 5.95. The summed E-state index contributed by atoms with van der Waals surface area (Å²) in [6, 6.07) is 1.11. The minimum Gasteiger partial charge on any atom is -0.451 e. The van der Waals surface area contributed by atoms with E-state index in [1.165, 1.54) is 12.4 Å². The van der Waals surface area contributed by atoms with Crippen molar-refractivity contribution in [3.63, 3.8) is 0 Å². The Morgan fingerprint density at radius 3 is 2.59 bits per heavy atom. The van der Waals surface area contributed by atoms with Gasteiger partial charge in [0.25, 0.3) is 5.91 Å². The molecule has 1 aromatic rings. The van der Waals surface area contributed by atoms with Gasteiger partial charge in [-0.05, 0) is 0 Å². The minimum absolute atomic E-state index is 0.0389. The van der Waals surface area contributed by atoms with Crippen LogP contribution in [0.2, 0.25) is 0 Å². The standard InChI is InChI=1S/C8H10N4O5/c1-4(13)9-6-3-5(7(14)11-16)10-12(6)8(15)17-2/h3,16H,1-2H3,(H,9,13)(H,11,14). The number of rotatable bonds is 2. The van der Waals surface area contributed by atoms with Crippen LogP contribution < -0.4 is 10.8 Å². The number of methoxy groups -OCH3 is 1. The fourth-order valence-electron chi connectivity index (χ4n) is 1.04. The van der Waals surface area contributed by atoms with Crippen molar-refractivity contribution in [2.24, 2.45) is 0 Å². The lowest BCUT2D eigenvalue weighted by Crippen LogP contribution is -2.21. The average Bonchev–Trinajstić information content (AvgIpc) is 2.70. The first-order chi connectivity index (χ1) is 7.99. The molecule has 0 atom stereocenters. The summed E-state index contributed by atoms with van der Waals surface area (Å²) in [6.07, 6.45) is -0.884. The SMILES string of the molecule is COC(=O)n1nc(C(=O)NO)cc1NC(C)=O. The predicted molar refractivity (Wildman–Crippen MR) is 53.6 cm³/mol. The molecule has 0 aliphatic carbocycles. The number of nitrogens with one attached hydrogen (secondary N) is 2. The Balaban J connectivity index is 3.16. The topological polar surface area (TPSA) is 123 Å². The van der Waals surface area contributed by atoms with E-state index in [9.17, 15) is 14.4 Å². The van der Waals surface area contributed by atoms with Crippen LogP contribution in [0, 0.1) is 0 Å². The summed E-state index contributed by atoms with van der Waals surface area (Å²) in [5.41, 5.74) is 1.10. The summed E-state index contributed by atoms with van der Waals surface area (Å²) < 4.78 is 5.09. The zero-order valence-electron chi connectivity index (χ0n) is 9.05. The fraction of sp³-hybridized carbons (Fsp3) is 0.250. The molecule has 0 spiro atoms. The summed E-state index contributed by atoms with van der Waals surface area (Å²) >= 11 is 0. The Labute approximate surface area is 95.3 Å². The van der Waals surface area contributed by atoms with Crippen LogP contribution in [-0.4, -0.2) is 40.0 Å². The Kier molecular flexibility index (Phi) is 3.78. The summed E-state index contributed by atoms with van der Waals surface area (Å²) in [7, 11) is 1.12. The van der Waals surface area contributed by atoms with Gasteiger partial charge >= 0.3 is 6.09 Å². The number of anilines is 1. The van der Waals surface area contributed by atoms with E-state index >= 15 is 0 Å². The van der Waals surface area contributed by atoms with Gasteiger partial charge in [0.1, 0.15) is 5.82 Å². The molecule has 0 aliphatic rings. The van der Waals surface area contributed by atoms with Crippen molar-refractivity contribution in [1.82, 2.24) is 15.3 Å². The maximum atomic E-state index is 11.3. The van der Waals surface area contributed by atoms with E-state index in [0.717, 1.165) is 13.2 Å². The highest BCUT2D eigenvalue weighted by Crippen LogP contribution is 2.11. The van der Waals surface area contributed by atoms with Gasteiger partial charge in [0.2, 0.25) is 5.91 Å². The van der Waals surface area contributed by atoms with Gasteiger partial charge in [-0.15, -0.1) is 4.68 Å². The van der Waals surface area contributed by atoms with E-state index in [2.05, 4.69) is 15.2 Å². The molecule has 9 nitrogen and oxygen atoms in total. The van der Waals surface area contributed by atoms with Crippen LogP contribution in [0.3, 0.4) is 0 Å². The molecule has 0 saturated heterocycles. The molecule has 2 amide bonds. The third-order valence-corrected chi connectivity index (χ3v) is 1.70. The van der Waals surface area contributed by atoms with Crippen molar-refractivity contribution in [2.75, 3.05) is 12.4 Å². The Morgan fingerprint density at radius 1 is 1.47 bits per heavy atom. The molecular weight excluding hydrogens is 232 g/mol. The highest BCUT2D eigenvalue weighted by atomic mass is 16.5. The molecule has 1 rings (SSSR count). The Morgan fingerprint density at radius 2 is 2.12 bits per heavy atom. The van der Waals surface area contributed by atoms with Crippen LogP contribution in [0.25, 0.3) is 0 Å². The molecule has 0 aromatic carbocycles. The summed E-state index contributed by atoms with van der Waals surface area (Å²) in [6.45, 7) is 1.22. The molecule has 0 aliphatic heterocycles. The van der Waals surface area contributed by atoms with Gasteiger partial charge in [-0.25, -0.2) is 10.3 Å². The third kappa shape index (κ3) is 2.78. The van der Waals surface area contributed by atoms with Crippen molar-refractivity contribution < 1.29 is 24.3 Å². The monoisotopic (exact) mass is 242 g/mol. The van der Waals surface area contributed by atoms with Gasteiger partial charge in [0.05, 0.1) is 7.11 Å². The molecule has 1 aromatic heterocycles. The van der Waals surface area contributed by atoms with Crippen LogP contribution >= 0.6 is 0 Å². The van der Waals surface area contributed by atoms with Crippen LogP contribution in [0.5, 0.6) is 0 Å². The number of carbonyl (C=O) groups is 3. The minimum atomic E-state index is -0.917. The first kappa shape index (κ1) is 12.6. The summed E-state index contributed by atoms with van der Waals surface area (Å²) in [5, 5.41) is 14.3. The van der Waals surface area contributed by atoms with Crippen LogP contribution in [0.4, 0.5) is 10.6 Å². The second-order valence-electron chi connectivity index (χ2n) is 2.92. The number of carbonyl (C=O) groups excluding carboxylic acids is 3. The van der Waals surface area contributed by atoms with Gasteiger partial charge in [-0.3, -0.25) is 14.8 Å². The molecule has 92 valence electrons. The normalized spacial score (nSPS) is 9.59. The number of hydrogen-bond donors (Lipinski definition) is 3. The third-order valence-electron chi connectivity index (χ3n) is 1.70. The van der Waals surface area contributed by atoms with E-state index in [1.54, 1.807) is 0 Å². The van der Waals surface area contributed by atoms with Crippen LogP contribution in [0.15, 0.2) is 6.07 Å². The summed E-state index contributed by atoms with van der Waals surface area (Å²) in [5.74, 6) is -1.41. The van der Waals surface area contributed by atoms with Gasteiger partial charge in [0, 0.05) is 13.0 Å². The number of aromatic nitrogens is 2. The predicted octanol–water partition coefficient (Wildman–Crippen LogP) is -0.425. The maximum absolute atomic E-state index is 11.3. The number of nitrogens with zero attached hydrogens (tertiary/aromatic N) is 2. The molecule has 1 heterocycles. The maximum Gasteiger partial charge on any atom is 0.436 e. The lowest BCUT2D eigenvalue weighted by Gasteiger charge is -2.03.